The molecule has 0 aliphatic heterocycles. The van der Waals surface area contributed by atoms with Gasteiger partial charge in [0.1, 0.15) is 11.6 Å². The minimum Gasteiger partial charge on any atom is -0.496 e. The summed E-state index contributed by atoms with van der Waals surface area (Å²) in [5.41, 5.74) is 1.84. The molecule has 0 aliphatic rings. The van der Waals surface area contributed by atoms with Gasteiger partial charge in [-0.15, -0.1) is 0 Å². The van der Waals surface area contributed by atoms with Crippen molar-refractivity contribution in [3.8, 4) is 5.75 Å². The van der Waals surface area contributed by atoms with Crippen LogP contribution in [0.3, 0.4) is 0 Å². The van der Waals surface area contributed by atoms with E-state index in [0.29, 0.717) is 5.75 Å². The first kappa shape index (κ1) is 14.5. The predicted molar refractivity (Wildman–Crippen MR) is 77.3 cm³/mol. The molecule has 1 heterocycles. The molecule has 1 atom stereocenters. The van der Waals surface area contributed by atoms with E-state index in [9.17, 15) is 4.39 Å². The van der Waals surface area contributed by atoms with Crippen molar-refractivity contribution in [3.63, 3.8) is 0 Å². The van der Waals surface area contributed by atoms with Crippen LogP contribution >= 0.6 is 0 Å². The lowest BCUT2D eigenvalue weighted by molar-refractivity contribution is 0.402. The summed E-state index contributed by atoms with van der Waals surface area (Å²) < 4.78 is 18.9. The average Bonchev–Trinajstić information content (AvgIpc) is 2.49. The van der Waals surface area contributed by atoms with Crippen molar-refractivity contribution in [1.29, 1.82) is 0 Å². The minimum absolute atomic E-state index is 0.108. The van der Waals surface area contributed by atoms with Gasteiger partial charge in [0.15, 0.2) is 0 Å². The highest BCUT2D eigenvalue weighted by Crippen LogP contribution is 2.30. The Morgan fingerprint density at radius 2 is 2.00 bits per heavy atom. The zero-order valence-corrected chi connectivity index (χ0v) is 11.8. The number of nitrogens with one attached hydrogen (secondary N) is 1. The molecule has 0 amide bonds. The van der Waals surface area contributed by atoms with Gasteiger partial charge in [0, 0.05) is 18.0 Å². The van der Waals surface area contributed by atoms with Gasteiger partial charge < -0.3 is 10.1 Å². The Labute approximate surface area is 118 Å². The molecule has 0 saturated carbocycles. The Morgan fingerprint density at radius 1 is 1.25 bits per heavy atom. The lowest BCUT2D eigenvalue weighted by atomic mass is 9.98. The second-order valence-corrected chi connectivity index (χ2v) is 4.55. The molecule has 1 N–H and O–H groups in total. The van der Waals surface area contributed by atoms with E-state index in [-0.39, 0.29) is 11.9 Å². The van der Waals surface area contributed by atoms with E-state index in [0.717, 1.165) is 24.1 Å². The van der Waals surface area contributed by atoms with Crippen molar-refractivity contribution in [3.05, 3.63) is 59.7 Å². The summed E-state index contributed by atoms with van der Waals surface area (Å²) in [6, 6.07) is 8.34. The molecule has 0 aliphatic carbocycles. The zero-order valence-electron chi connectivity index (χ0n) is 11.8. The number of methoxy groups -OCH3 is 1. The summed E-state index contributed by atoms with van der Waals surface area (Å²) in [4.78, 5) is 4.03. The van der Waals surface area contributed by atoms with Crippen LogP contribution in [0.5, 0.6) is 5.75 Å². The van der Waals surface area contributed by atoms with E-state index in [2.05, 4.69) is 17.2 Å². The Morgan fingerprint density at radius 3 is 2.65 bits per heavy atom. The van der Waals surface area contributed by atoms with Crippen LogP contribution < -0.4 is 10.1 Å². The van der Waals surface area contributed by atoms with Crippen LogP contribution in [-0.4, -0.2) is 18.6 Å². The normalized spacial score (nSPS) is 12.2. The standard InChI is InChI=1S/C16H19FN2O/c1-3-8-19-16(12-6-9-18-10-7-12)14-11-13(17)4-5-15(14)20-2/h4-7,9-11,16,19H,3,8H2,1-2H3. The van der Waals surface area contributed by atoms with Gasteiger partial charge in [-0.25, -0.2) is 4.39 Å². The maximum atomic E-state index is 13.6. The molecule has 20 heavy (non-hydrogen) atoms. The fourth-order valence-electron chi connectivity index (χ4n) is 2.18. The van der Waals surface area contributed by atoms with Crippen LogP contribution in [-0.2, 0) is 0 Å². The number of ether oxygens (including phenoxy) is 1. The first-order valence-corrected chi connectivity index (χ1v) is 6.73. The Balaban J connectivity index is 2.43. The molecule has 2 aromatic rings. The van der Waals surface area contributed by atoms with Gasteiger partial charge in [-0.1, -0.05) is 6.92 Å². The molecule has 0 saturated heterocycles. The molecule has 3 nitrogen and oxygen atoms in total. The van der Waals surface area contributed by atoms with Gasteiger partial charge >= 0.3 is 0 Å². The number of hydrogen-bond acceptors (Lipinski definition) is 3. The van der Waals surface area contributed by atoms with Crippen molar-refractivity contribution in [1.82, 2.24) is 10.3 Å². The van der Waals surface area contributed by atoms with Gasteiger partial charge in [0.05, 0.1) is 13.2 Å². The highest BCUT2D eigenvalue weighted by Gasteiger charge is 2.18. The first-order valence-electron chi connectivity index (χ1n) is 6.73. The molecule has 1 aromatic heterocycles. The number of hydrogen-bond donors (Lipinski definition) is 1. The van der Waals surface area contributed by atoms with Crippen LogP contribution in [0.25, 0.3) is 0 Å². The number of nitrogens with zero attached hydrogens (tertiary/aromatic N) is 1. The molecule has 0 radical (unpaired) electrons. The van der Waals surface area contributed by atoms with Crippen LogP contribution in [0, 0.1) is 5.82 Å². The maximum Gasteiger partial charge on any atom is 0.124 e. The SMILES string of the molecule is CCCNC(c1ccncc1)c1cc(F)ccc1OC. The number of benzene rings is 1. The summed E-state index contributed by atoms with van der Waals surface area (Å²) >= 11 is 0. The summed E-state index contributed by atoms with van der Waals surface area (Å²) in [5.74, 6) is 0.412. The van der Waals surface area contributed by atoms with Crippen molar-refractivity contribution in [2.45, 2.75) is 19.4 Å². The van der Waals surface area contributed by atoms with Crippen molar-refractivity contribution in [2.75, 3.05) is 13.7 Å². The first-order chi connectivity index (χ1) is 9.76. The molecule has 1 aromatic carbocycles. The lowest BCUT2D eigenvalue weighted by Crippen LogP contribution is -2.23. The van der Waals surface area contributed by atoms with Crippen molar-refractivity contribution >= 4 is 0 Å². The van der Waals surface area contributed by atoms with E-state index in [1.807, 2.05) is 12.1 Å². The Kier molecular flexibility index (Phi) is 5.07. The van der Waals surface area contributed by atoms with Crippen LogP contribution in [0.15, 0.2) is 42.7 Å². The summed E-state index contributed by atoms with van der Waals surface area (Å²) in [5, 5.41) is 3.43. The van der Waals surface area contributed by atoms with E-state index in [1.165, 1.54) is 12.1 Å². The maximum absolute atomic E-state index is 13.6. The molecule has 4 heteroatoms. The number of aromatic nitrogens is 1. The van der Waals surface area contributed by atoms with E-state index >= 15 is 0 Å². The van der Waals surface area contributed by atoms with Crippen molar-refractivity contribution in [2.24, 2.45) is 0 Å². The van der Waals surface area contributed by atoms with Gasteiger partial charge in [-0.2, -0.15) is 0 Å². The average molecular weight is 274 g/mol. The summed E-state index contributed by atoms with van der Waals surface area (Å²) in [6.07, 6.45) is 4.47. The topological polar surface area (TPSA) is 34.2 Å². The number of pyridine rings is 1. The third-order valence-electron chi connectivity index (χ3n) is 3.14. The number of halogens is 1. The zero-order chi connectivity index (χ0) is 14.4. The predicted octanol–water partition coefficient (Wildman–Crippen LogP) is 3.32. The third-order valence-corrected chi connectivity index (χ3v) is 3.14. The third kappa shape index (κ3) is 3.33. The molecule has 0 bridgehead atoms. The van der Waals surface area contributed by atoms with Gasteiger partial charge in [0.25, 0.3) is 0 Å². The summed E-state index contributed by atoms with van der Waals surface area (Å²) in [6.45, 7) is 2.94. The monoisotopic (exact) mass is 274 g/mol. The largest absolute Gasteiger partial charge is 0.496 e. The Bertz CT molecular complexity index is 545. The molecule has 1 unspecified atom stereocenters. The van der Waals surface area contributed by atoms with Gasteiger partial charge in [0.2, 0.25) is 0 Å². The Hall–Kier alpha value is -1.94. The quantitative estimate of drug-likeness (QED) is 0.877. The molecular weight excluding hydrogens is 255 g/mol. The second kappa shape index (κ2) is 7.01. The molecule has 2 rings (SSSR count). The van der Waals surface area contributed by atoms with Crippen LogP contribution in [0.1, 0.15) is 30.5 Å². The highest BCUT2D eigenvalue weighted by molar-refractivity contribution is 5.41. The van der Waals surface area contributed by atoms with E-state index < -0.39 is 0 Å². The van der Waals surface area contributed by atoms with Gasteiger partial charge in [-0.3, -0.25) is 4.98 Å². The van der Waals surface area contributed by atoms with E-state index in [4.69, 9.17) is 4.74 Å². The molecule has 0 spiro atoms. The number of rotatable bonds is 6. The molecule has 0 fully saturated rings. The molecule has 106 valence electrons. The summed E-state index contributed by atoms with van der Waals surface area (Å²) in [7, 11) is 1.60. The smallest absolute Gasteiger partial charge is 0.124 e. The lowest BCUT2D eigenvalue weighted by Gasteiger charge is -2.21. The van der Waals surface area contributed by atoms with Crippen LogP contribution in [0.2, 0.25) is 0 Å². The molecular formula is C16H19FN2O. The van der Waals surface area contributed by atoms with Crippen LogP contribution in [0.4, 0.5) is 4.39 Å². The minimum atomic E-state index is -0.266. The highest BCUT2D eigenvalue weighted by atomic mass is 19.1. The fraction of sp³-hybridized carbons (Fsp3) is 0.312. The fourth-order valence-corrected chi connectivity index (χ4v) is 2.18. The van der Waals surface area contributed by atoms with E-state index in [1.54, 1.807) is 25.6 Å². The van der Waals surface area contributed by atoms with Crippen molar-refractivity contribution < 1.29 is 9.13 Å². The second-order valence-electron chi connectivity index (χ2n) is 4.55. The van der Waals surface area contributed by atoms with Gasteiger partial charge in [-0.05, 0) is 48.9 Å².